The maximum absolute atomic E-state index is 13.5. The number of carbonyl (C=O) groups is 4. The minimum atomic E-state index is -0.896. The molecule has 4 amide bonds. The SMILES string of the molecule is COc1ccc(C(c2ccsc2)N2NC(=O)C(Sc3ccccc3Cl)C2=O)cc1.O=C1NN(C(c2ccccc2)c2ccc(C3CCOCC3)cc2)C(=O)C1Sc1ccccc1Cl. The summed E-state index contributed by atoms with van der Waals surface area (Å²) in [4.78, 5) is 53.7. The summed E-state index contributed by atoms with van der Waals surface area (Å²) in [6, 6.07) is 41.2. The van der Waals surface area contributed by atoms with Crippen LogP contribution in [0, 0.1) is 0 Å². The highest BCUT2D eigenvalue weighted by Gasteiger charge is 2.45. The van der Waals surface area contributed by atoms with Crippen LogP contribution in [0.25, 0.3) is 0 Å². The summed E-state index contributed by atoms with van der Waals surface area (Å²) in [6.45, 7) is 1.58. The Balaban J connectivity index is 0.000000175. The highest BCUT2D eigenvalue weighted by atomic mass is 35.5. The van der Waals surface area contributed by atoms with E-state index in [0.29, 0.717) is 25.8 Å². The van der Waals surface area contributed by atoms with Gasteiger partial charge in [0.05, 0.1) is 17.2 Å². The molecule has 9 rings (SSSR count). The molecular formula is C48H42Cl2N4O6S3. The van der Waals surface area contributed by atoms with Gasteiger partial charge >= 0.3 is 0 Å². The number of methoxy groups -OCH3 is 1. The van der Waals surface area contributed by atoms with Gasteiger partial charge in [-0.1, -0.05) is 114 Å². The third-order valence-corrected chi connectivity index (χ3v) is 15.0. The smallest absolute Gasteiger partial charge is 0.265 e. The van der Waals surface area contributed by atoms with E-state index in [1.54, 1.807) is 25.3 Å². The third-order valence-electron chi connectivity index (χ3n) is 10.9. The second-order valence-electron chi connectivity index (χ2n) is 14.8. The van der Waals surface area contributed by atoms with Crippen LogP contribution in [-0.4, -0.2) is 64.5 Å². The molecule has 0 radical (unpaired) electrons. The van der Waals surface area contributed by atoms with E-state index < -0.39 is 22.6 Å². The van der Waals surface area contributed by atoms with Gasteiger partial charge in [-0.3, -0.25) is 30.0 Å². The maximum Gasteiger partial charge on any atom is 0.265 e. The molecule has 0 saturated carbocycles. The van der Waals surface area contributed by atoms with E-state index in [0.717, 1.165) is 65.8 Å². The molecule has 15 heteroatoms. The first kappa shape index (κ1) is 44.3. The summed E-state index contributed by atoms with van der Waals surface area (Å²) >= 11 is 16.4. The van der Waals surface area contributed by atoms with E-state index in [1.165, 1.54) is 38.7 Å². The number of thioether (sulfide) groups is 2. The third kappa shape index (κ3) is 10.1. The first-order chi connectivity index (χ1) is 30.7. The molecule has 5 aromatic carbocycles. The number of halogens is 2. The van der Waals surface area contributed by atoms with Crippen LogP contribution < -0.4 is 15.6 Å². The van der Waals surface area contributed by atoms with Crippen molar-refractivity contribution in [1.29, 1.82) is 0 Å². The lowest BCUT2D eigenvalue weighted by Crippen LogP contribution is -2.40. The molecule has 6 aromatic rings. The number of nitrogens with zero attached hydrogens (tertiary/aromatic N) is 2. The van der Waals surface area contributed by atoms with Gasteiger partial charge < -0.3 is 9.47 Å². The van der Waals surface area contributed by atoms with Crippen molar-refractivity contribution in [2.75, 3.05) is 20.3 Å². The van der Waals surface area contributed by atoms with Crippen LogP contribution in [0.1, 0.15) is 58.7 Å². The van der Waals surface area contributed by atoms with Crippen molar-refractivity contribution in [3.05, 3.63) is 182 Å². The van der Waals surface area contributed by atoms with Gasteiger partial charge in [-0.25, -0.2) is 10.0 Å². The summed E-state index contributed by atoms with van der Waals surface area (Å²) in [5.41, 5.74) is 10.6. The first-order valence-electron chi connectivity index (χ1n) is 20.2. The fourth-order valence-corrected chi connectivity index (χ4v) is 10.8. The van der Waals surface area contributed by atoms with Crippen molar-refractivity contribution in [2.45, 2.75) is 51.1 Å². The second-order valence-corrected chi connectivity index (χ2v) is 18.7. The van der Waals surface area contributed by atoms with Crippen molar-refractivity contribution in [2.24, 2.45) is 0 Å². The van der Waals surface area contributed by atoms with Gasteiger partial charge in [-0.05, 0) is 99.8 Å². The minimum Gasteiger partial charge on any atom is -0.497 e. The molecule has 3 aliphatic rings. The summed E-state index contributed by atoms with van der Waals surface area (Å²) < 4.78 is 10.7. The predicted octanol–water partition coefficient (Wildman–Crippen LogP) is 9.89. The number of hydrazine groups is 2. The van der Waals surface area contributed by atoms with Crippen molar-refractivity contribution >= 4 is 81.7 Å². The average molecular weight is 938 g/mol. The van der Waals surface area contributed by atoms with Crippen molar-refractivity contribution < 1.29 is 28.7 Å². The molecule has 3 saturated heterocycles. The zero-order valence-electron chi connectivity index (χ0n) is 33.9. The fourth-order valence-electron chi connectivity index (χ4n) is 7.68. The number of thiophene rings is 1. The normalized spacial score (nSPS) is 18.7. The largest absolute Gasteiger partial charge is 0.497 e. The Kier molecular flexibility index (Phi) is 14.4. The van der Waals surface area contributed by atoms with Crippen LogP contribution in [0.4, 0.5) is 0 Å². The number of hydrogen-bond donors (Lipinski definition) is 2. The molecular weight excluding hydrogens is 896 g/mol. The molecule has 10 nitrogen and oxygen atoms in total. The van der Waals surface area contributed by atoms with Crippen LogP contribution in [0.15, 0.2) is 154 Å². The van der Waals surface area contributed by atoms with Gasteiger partial charge in [0.25, 0.3) is 23.6 Å². The number of hydrogen-bond acceptors (Lipinski definition) is 9. The number of amides is 4. The number of carbonyl (C=O) groups excluding carboxylic acids is 4. The molecule has 3 fully saturated rings. The molecule has 3 aliphatic heterocycles. The lowest BCUT2D eigenvalue weighted by molar-refractivity contribution is -0.131. The molecule has 63 heavy (non-hydrogen) atoms. The van der Waals surface area contributed by atoms with E-state index in [9.17, 15) is 19.2 Å². The lowest BCUT2D eigenvalue weighted by atomic mass is 9.89. The van der Waals surface area contributed by atoms with Gasteiger partial charge in [-0.15, -0.1) is 23.5 Å². The molecule has 0 aliphatic carbocycles. The van der Waals surface area contributed by atoms with Crippen LogP contribution in [0.2, 0.25) is 10.0 Å². The maximum atomic E-state index is 13.5. The van der Waals surface area contributed by atoms with Crippen LogP contribution in [0.5, 0.6) is 5.75 Å². The Morgan fingerprint density at radius 1 is 0.619 bits per heavy atom. The molecule has 1 aromatic heterocycles. The first-order valence-corrected chi connectivity index (χ1v) is 23.6. The lowest BCUT2D eigenvalue weighted by Gasteiger charge is -2.29. The topological polar surface area (TPSA) is 117 Å². The highest BCUT2D eigenvalue weighted by molar-refractivity contribution is 8.01. The van der Waals surface area contributed by atoms with Crippen molar-refractivity contribution in [1.82, 2.24) is 20.9 Å². The van der Waals surface area contributed by atoms with Gasteiger partial charge in [0.2, 0.25) is 0 Å². The van der Waals surface area contributed by atoms with E-state index >= 15 is 0 Å². The fraction of sp³-hybridized carbons (Fsp3) is 0.208. The Hall–Kier alpha value is -5.28. The average Bonchev–Trinajstić information content (AvgIpc) is 4.02. The standard InChI is InChI=1S/C27H25ClN2O3S.C21H17ClN2O3S2/c28-22-8-4-5-9-23(22)34-25-26(31)29-30(27(25)32)24(20-6-2-1-3-7-20)21-12-10-18(11-13-21)19-14-16-33-17-15-19;1-27-15-8-6-13(7-9-15)18(14-10-11-28-12-14)24-21(26)19(20(25)23-24)29-17-5-3-2-4-16(17)22/h1-13,19,24-25H,14-17H2,(H,29,31);2-12,18-19H,1H3,(H,23,25). The van der Waals surface area contributed by atoms with E-state index in [2.05, 4.69) is 35.1 Å². The molecule has 0 spiro atoms. The highest BCUT2D eigenvalue weighted by Crippen LogP contribution is 2.39. The minimum absolute atomic E-state index is 0.280. The molecule has 2 N–H and O–H groups in total. The van der Waals surface area contributed by atoms with Gasteiger partial charge in [0.1, 0.15) is 17.8 Å². The Morgan fingerprint density at radius 2 is 1.10 bits per heavy atom. The van der Waals surface area contributed by atoms with Crippen LogP contribution >= 0.6 is 58.1 Å². The number of nitrogens with one attached hydrogen (secondary N) is 2. The summed E-state index contributed by atoms with van der Waals surface area (Å²) in [5.74, 6) is -0.0585. The molecule has 322 valence electrons. The van der Waals surface area contributed by atoms with E-state index in [-0.39, 0.29) is 23.6 Å². The summed E-state index contributed by atoms with van der Waals surface area (Å²) in [6.07, 6.45) is 2.03. The summed E-state index contributed by atoms with van der Waals surface area (Å²) in [5, 5.41) is 6.06. The van der Waals surface area contributed by atoms with E-state index in [4.69, 9.17) is 32.7 Å². The van der Waals surface area contributed by atoms with Gasteiger partial charge in [0, 0.05) is 23.0 Å². The number of rotatable bonds is 12. The zero-order chi connectivity index (χ0) is 43.9. The summed E-state index contributed by atoms with van der Waals surface area (Å²) in [7, 11) is 1.60. The quantitative estimate of drug-likeness (QED) is 0.117. The number of benzene rings is 5. The zero-order valence-corrected chi connectivity index (χ0v) is 37.9. The Labute approximate surface area is 388 Å². The molecule has 4 unspecified atom stereocenters. The van der Waals surface area contributed by atoms with Gasteiger partial charge in [-0.2, -0.15) is 11.3 Å². The predicted molar refractivity (Wildman–Crippen MR) is 249 cm³/mol. The van der Waals surface area contributed by atoms with Crippen LogP contribution in [-0.2, 0) is 23.9 Å². The second kappa shape index (κ2) is 20.5. The Bertz CT molecular complexity index is 2540. The number of ether oxygens (including phenoxy) is 2. The van der Waals surface area contributed by atoms with Crippen molar-refractivity contribution in [3.63, 3.8) is 0 Å². The van der Waals surface area contributed by atoms with Crippen molar-refractivity contribution in [3.8, 4) is 5.75 Å². The van der Waals surface area contributed by atoms with E-state index in [1.807, 2.05) is 102 Å². The molecule has 4 atom stereocenters. The van der Waals surface area contributed by atoms with Gasteiger partial charge in [0.15, 0.2) is 10.5 Å². The Morgan fingerprint density at radius 3 is 1.59 bits per heavy atom. The monoisotopic (exact) mass is 936 g/mol. The molecule has 4 heterocycles. The molecule has 0 bridgehead atoms. The van der Waals surface area contributed by atoms with Crippen LogP contribution in [0.3, 0.4) is 0 Å².